The molecule has 3 rings (SSSR count). The normalized spacial score (nSPS) is 31.7. The first-order valence-corrected chi connectivity index (χ1v) is 7.49. The van der Waals surface area contributed by atoms with Gasteiger partial charge < -0.3 is 5.32 Å². The number of nitrogens with zero attached hydrogens (tertiary/aromatic N) is 1. The lowest BCUT2D eigenvalue weighted by Gasteiger charge is -2.31. The van der Waals surface area contributed by atoms with Gasteiger partial charge in [0, 0.05) is 18.4 Å². The average molecular weight is 244 g/mol. The Balaban J connectivity index is 1.68. The van der Waals surface area contributed by atoms with Crippen LogP contribution in [-0.2, 0) is 6.42 Å². The van der Waals surface area contributed by atoms with Gasteiger partial charge in [-0.15, -0.1) is 0 Å². The third-order valence-corrected chi connectivity index (χ3v) is 4.95. The zero-order valence-corrected chi connectivity index (χ0v) is 11.3. The molecule has 0 aromatic carbocycles. The van der Waals surface area contributed by atoms with E-state index in [9.17, 15) is 0 Å². The molecule has 2 saturated carbocycles. The van der Waals surface area contributed by atoms with Crippen LogP contribution in [0.2, 0.25) is 0 Å². The second kappa shape index (κ2) is 5.40. The van der Waals surface area contributed by atoms with Crippen molar-refractivity contribution in [3.63, 3.8) is 0 Å². The molecule has 1 aromatic heterocycles. The maximum Gasteiger partial charge on any atom is 0.0300 e. The van der Waals surface area contributed by atoms with Gasteiger partial charge in [0.15, 0.2) is 0 Å². The fourth-order valence-corrected chi connectivity index (χ4v) is 4.20. The van der Waals surface area contributed by atoms with Crippen LogP contribution in [0.15, 0.2) is 24.5 Å². The van der Waals surface area contributed by atoms with Crippen molar-refractivity contribution in [2.24, 2.45) is 17.8 Å². The summed E-state index contributed by atoms with van der Waals surface area (Å²) in [7, 11) is 0. The predicted molar refractivity (Wildman–Crippen MR) is 74.3 cm³/mol. The Kier molecular flexibility index (Phi) is 3.64. The Morgan fingerprint density at radius 2 is 2.33 bits per heavy atom. The molecule has 4 unspecified atom stereocenters. The van der Waals surface area contributed by atoms with Crippen LogP contribution in [0.25, 0.3) is 0 Å². The van der Waals surface area contributed by atoms with Crippen LogP contribution in [0.4, 0.5) is 0 Å². The molecule has 2 bridgehead atoms. The maximum atomic E-state index is 4.24. The molecule has 0 amide bonds. The summed E-state index contributed by atoms with van der Waals surface area (Å²) in [6.45, 7) is 3.31. The van der Waals surface area contributed by atoms with E-state index in [2.05, 4.69) is 29.4 Å². The zero-order valence-electron chi connectivity index (χ0n) is 11.3. The molecule has 2 nitrogen and oxygen atoms in total. The lowest BCUT2D eigenvalue weighted by Crippen LogP contribution is -2.40. The fraction of sp³-hybridized carbons (Fsp3) is 0.688. The Bertz CT molecular complexity index is 376. The summed E-state index contributed by atoms with van der Waals surface area (Å²) in [5.41, 5.74) is 1.38. The van der Waals surface area contributed by atoms with Crippen molar-refractivity contribution in [2.45, 2.75) is 45.1 Å². The van der Waals surface area contributed by atoms with Crippen LogP contribution < -0.4 is 5.32 Å². The molecule has 2 fully saturated rings. The van der Waals surface area contributed by atoms with E-state index >= 15 is 0 Å². The molecule has 4 atom stereocenters. The van der Waals surface area contributed by atoms with Gasteiger partial charge in [-0.1, -0.05) is 19.4 Å². The van der Waals surface area contributed by atoms with Gasteiger partial charge in [-0.3, -0.25) is 4.98 Å². The van der Waals surface area contributed by atoms with Gasteiger partial charge in [0.1, 0.15) is 0 Å². The molecule has 98 valence electrons. The Morgan fingerprint density at radius 1 is 1.39 bits per heavy atom. The summed E-state index contributed by atoms with van der Waals surface area (Å²) in [5.74, 6) is 2.94. The molecule has 0 saturated heterocycles. The first kappa shape index (κ1) is 12.2. The van der Waals surface area contributed by atoms with E-state index in [1.807, 2.05) is 12.4 Å². The topological polar surface area (TPSA) is 24.9 Å². The minimum atomic E-state index is 0.662. The highest BCUT2D eigenvalue weighted by Crippen LogP contribution is 2.49. The molecule has 0 spiro atoms. The first-order valence-electron chi connectivity index (χ1n) is 7.49. The van der Waals surface area contributed by atoms with Crippen LogP contribution in [0.5, 0.6) is 0 Å². The molecular weight excluding hydrogens is 220 g/mol. The van der Waals surface area contributed by atoms with Crippen molar-refractivity contribution in [1.82, 2.24) is 10.3 Å². The smallest absolute Gasteiger partial charge is 0.0300 e. The summed E-state index contributed by atoms with van der Waals surface area (Å²) < 4.78 is 0. The van der Waals surface area contributed by atoms with Crippen LogP contribution in [-0.4, -0.2) is 17.6 Å². The van der Waals surface area contributed by atoms with Gasteiger partial charge in [0.25, 0.3) is 0 Å². The molecule has 0 radical (unpaired) electrons. The fourth-order valence-electron chi connectivity index (χ4n) is 4.20. The maximum absolute atomic E-state index is 4.24. The molecular formula is C16H24N2. The number of pyridine rings is 1. The van der Waals surface area contributed by atoms with Crippen LogP contribution in [0.3, 0.4) is 0 Å². The number of fused-ring (bicyclic) bond motifs is 2. The van der Waals surface area contributed by atoms with Gasteiger partial charge in [-0.05, 0) is 61.6 Å². The predicted octanol–water partition coefficient (Wildman–Crippen LogP) is 3.04. The highest BCUT2D eigenvalue weighted by atomic mass is 14.9. The van der Waals surface area contributed by atoms with E-state index in [0.717, 1.165) is 30.7 Å². The minimum absolute atomic E-state index is 0.662. The summed E-state index contributed by atoms with van der Waals surface area (Å²) in [6.07, 6.45) is 11.0. The second-order valence-electron chi connectivity index (χ2n) is 6.07. The number of likely N-dealkylation sites (N-methyl/N-ethyl adjacent to an activating group) is 1. The highest BCUT2D eigenvalue weighted by Gasteiger charge is 2.42. The van der Waals surface area contributed by atoms with Crippen molar-refractivity contribution >= 4 is 0 Å². The number of hydrogen-bond acceptors (Lipinski definition) is 2. The van der Waals surface area contributed by atoms with E-state index in [4.69, 9.17) is 0 Å². The van der Waals surface area contributed by atoms with Crippen LogP contribution in [0.1, 0.15) is 38.2 Å². The number of rotatable bonds is 5. The number of hydrogen-bond donors (Lipinski definition) is 1. The molecule has 18 heavy (non-hydrogen) atoms. The molecule has 2 aliphatic rings. The number of nitrogens with one attached hydrogen (secondary N) is 1. The Hall–Kier alpha value is -0.890. The third kappa shape index (κ3) is 2.44. The third-order valence-electron chi connectivity index (χ3n) is 4.95. The average Bonchev–Trinajstić information content (AvgIpc) is 3.02. The van der Waals surface area contributed by atoms with E-state index in [0.29, 0.717) is 6.04 Å². The van der Waals surface area contributed by atoms with Gasteiger partial charge in [0.2, 0.25) is 0 Å². The monoisotopic (exact) mass is 244 g/mol. The summed E-state index contributed by atoms with van der Waals surface area (Å²) in [4.78, 5) is 4.24. The van der Waals surface area contributed by atoms with E-state index in [1.54, 1.807) is 0 Å². The lowest BCUT2D eigenvalue weighted by atomic mass is 9.81. The number of aromatic nitrogens is 1. The lowest BCUT2D eigenvalue weighted by molar-refractivity contribution is 0.249. The largest absolute Gasteiger partial charge is 0.314 e. The van der Waals surface area contributed by atoms with Crippen molar-refractivity contribution in [3.8, 4) is 0 Å². The SMILES string of the molecule is CCNC(Cc1cccnc1)C1CC2CCC1C2. The Labute approximate surface area is 110 Å². The Morgan fingerprint density at radius 3 is 2.94 bits per heavy atom. The van der Waals surface area contributed by atoms with Gasteiger partial charge >= 0.3 is 0 Å². The summed E-state index contributed by atoms with van der Waals surface area (Å²) in [6, 6.07) is 4.93. The highest BCUT2D eigenvalue weighted by molar-refractivity contribution is 5.11. The molecule has 1 heterocycles. The molecule has 2 heteroatoms. The van der Waals surface area contributed by atoms with Gasteiger partial charge in [0.05, 0.1) is 0 Å². The van der Waals surface area contributed by atoms with Crippen LogP contribution >= 0.6 is 0 Å². The van der Waals surface area contributed by atoms with Crippen LogP contribution in [0, 0.1) is 17.8 Å². The minimum Gasteiger partial charge on any atom is -0.314 e. The molecule has 1 aromatic rings. The van der Waals surface area contributed by atoms with E-state index in [1.165, 1.54) is 31.2 Å². The van der Waals surface area contributed by atoms with Gasteiger partial charge in [-0.25, -0.2) is 0 Å². The molecule has 2 aliphatic carbocycles. The molecule has 1 N–H and O–H groups in total. The van der Waals surface area contributed by atoms with Crippen molar-refractivity contribution in [1.29, 1.82) is 0 Å². The van der Waals surface area contributed by atoms with Crippen molar-refractivity contribution < 1.29 is 0 Å². The standard InChI is InChI=1S/C16H24N2/c1-2-18-16(10-13-4-3-7-17-11-13)15-9-12-5-6-14(15)8-12/h3-4,7,11-12,14-16,18H,2,5-6,8-10H2,1H3. The second-order valence-corrected chi connectivity index (χ2v) is 6.07. The van der Waals surface area contributed by atoms with Crippen molar-refractivity contribution in [3.05, 3.63) is 30.1 Å². The first-order chi connectivity index (χ1) is 8.86. The van der Waals surface area contributed by atoms with E-state index in [-0.39, 0.29) is 0 Å². The van der Waals surface area contributed by atoms with E-state index < -0.39 is 0 Å². The van der Waals surface area contributed by atoms with Crippen molar-refractivity contribution in [2.75, 3.05) is 6.54 Å². The zero-order chi connectivity index (χ0) is 12.4. The summed E-state index contributed by atoms with van der Waals surface area (Å²) in [5, 5.41) is 3.73. The molecule has 0 aliphatic heterocycles. The summed E-state index contributed by atoms with van der Waals surface area (Å²) >= 11 is 0. The quantitative estimate of drug-likeness (QED) is 0.861. The van der Waals surface area contributed by atoms with Gasteiger partial charge in [-0.2, -0.15) is 0 Å².